The molecule has 2 heterocycles. The van der Waals surface area contributed by atoms with Gasteiger partial charge in [-0.25, -0.2) is 0 Å². The summed E-state index contributed by atoms with van der Waals surface area (Å²) < 4.78 is 0. The second-order valence-electron chi connectivity index (χ2n) is 3.92. The first-order valence-electron chi connectivity index (χ1n) is 4.98. The minimum Gasteiger partial charge on any atom is -0.397 e. The Hall–Kier alpha value is -1.07. The molecule has 15 heavy (non-hydrogen) atoms. The zero-order valence-electron chi connectivity index (χ0n) is 8.69. The van der Waals surface area contributed by atoms with Gasteiger partial charge in [-0.05, 0) is 12.5 Å². The van der Waals surface area contributed by atoms with Crippen molar-refractivity contribution in [3.63, 3.8) is 0 Å². The van der Waals surface area contributed by atoms with E-state index in [1.54, 1.807) is 6.92 Å². The number of hydrogen-bond donors (Lipinski definition) is 2. The third-order valence-electron chi connectivity index (χ3n) is 2.60. The summed E-state index contributed by atoms with van der Waals surface area (Å²) in [6.45, 7) is 3.36. The Morgan fingerprint density at radius 3 is 2.87 bits per heavy atom. The van der Waals surface area contributed by atoms with Gasteiger partial charge in [0.1, 0.15) is 0 Å². The van der Waals surface area contributed by atoms with Crippen molar-refractivity contribution in [2.75, 3.05) is 23.7 Å². The van der Waals surface area contributed by atoms with Crippen LogP contribution in [-0.4, -0.2) is 24.9 Å². The van der Waals surface area contributed by atoms with E-state index < -0.39 is 0 Å². The topological polar surface area (TPSA) is 72.3 Å². The maximum absolute atomic E-state index is 11.2. The Kier molecular flexibility index (Phi) is 2.67. The number of ketones is 1. The van der Waals surface area contributed by atoms with Crippen LogP contribution in [-0.2, 0) is 0 Å². The van der Waals surface area contributed by atoms with E-state index >= 15 is 0 Å². The Balaban J connectivity index is 2.23. The van der Waals surface area contributed by atoms with Crippen molar-refractivity contribution < 1.29 is 4.79 Å². The van der Waals surface area contributed by atoms with E-state index in [1.165, 1.54) is 11.3 Å². The number of carbonyl (C=O) groups is 1. The fraction of sp³-hybridized carbons (Fsp3) is 0.500. The average molecular weight is 225 g/mol. The molecule has 82 valence electrons. The highest BCUT2D eigenvalue weighted by Gasteiger charge is 2.22. The quantitative estimate of drug-likeness (QED) is 0.738. The lowest BCUT2D eigenvalue weighted by molar-refractivity contribution is 0.102. The maximum atomic E-state index is 11.2. The molecule has 1 aliphatic rings. The van der Waals surface area contributed by atoms with E-state index in [-0.39, 0.29) is 11.8 Å². The number of nitrogen functional groups attached to an aromatic ring is 1. The predicted molar refractivity (Wildman–Crippen MR) is 63.5 cm³/mol. The van der Waals surface area contributed by atoms with Crippen molar-refractivity contribution in [3.05, 3.63) is 10.9 Å². The van der Waals surface area contributed by atoms with Crippen molar-refractivity contribution in [1.82, 2.24) is 0 Å². The molecule has 5 heteroatoms. The van der Waals surface area contributed by atoms with Crippen LogP contribution in [0.4, 0.5) is 10.7 Å². The van der Waals surface area contributed by atoms with Crippen LogP contribution in [0.15, 0.2) is 6.07 Å². The number of anilines is 2. The van der Waals surface area contributed by atoms with Gasteiger partial charge in [-0.15, -0.1) is 11.3 Å². The first-order chi connectivity index (χ1) is 7.08. The minimum atomic E-state index is 0.0345. The monoisotopic (exact) mass is 225 g/mol. The first-order valence-corrected chi connectivity index (χ1v) is 5.80. The smallest absolute Gasteiger partial charge is 0.171 e. The summed E-state index contributed by atoms with van der Waals surface area (Å²) in [7, 11) is 0. The molecule has 1 fully saturated rings. The van der Waals surface area contributed by atoms with Crippen LogP contribution in [0.25, 0.3) is 0 Å². The SMILES string of the molecule is CC(=O)c1sc(N2CCC(N)C2)cc1N. The number of thiophene rings is 1. The number of carbonyl (C=O) groups excluding carboxylic acids is 1. The van der Waals surface area contributed by atoms with Gasteiger partial charge in [0.05, 0.1) is 15.6 Å². The molecule has 4 nitrogen and oxygen atoms in total. The third kappa shape index (κ3) is 1.98. The van der Waals surface area contributed by atoms with E-state index in [0.717, 1.165) is 24.5 Å². The molecular weight excluding hydrogens is 210 g/mol. The van der Waals surface area contributed by atoms with Gasteiger partial charge in [0.25, 0.3) is 0 Å². The lowest BCUT2D eigenvalue weighted by atomic mass is 10.3. The molecule has 1 atom stereocenters. The molecule has 1 aromatic rings. The standard InChI is InChI=1S/C10H15N3OS/c1-6(14)10-8(12)4-9(15-10)13-3-2-7(11)5-13/h4,7H,2-3,5,11-12H2,1H3. The van der Waals surface area contributed by atoms with Gasteiger partial charge in [-0.1, -0.05) is 0 Å². The van der Waals surface area contributed by atoms with E-state index in [2.05, 4.69) is 4.90 Å². The molecule has 0 radical (unpaired) electrons. The zero-order valence-corrected chi connectivity index (χ0v) is 9.51. The summed E-state index contributed by atoms with van der Waals surface area (Å²) in [6, 6.07) is 2.12. The van der Waals surface area contributed by atoms with Crippen LogP contribution in [0.2, 0.25) is 0 Å². The molecule has 1 unspecified atom stereocenters. The fourth-order valence-electron chi connectivity index (χ4n) is 1.81. The molecule has 0 aliphatic carbocycles. The van der Waals surface area contributed by atoms with Crippen molar-refractivity contribution in [2.45, 2.75) is 19.4 Å². The van der Waals surface area contributed by atoms with Gasteiger partial charge in [0, 0.05) is 26.1 Å². The second-order valence-corrected chi connectivity index (χ2v) is 4.95. The Labute approximate surface area is 92.9 Å². The summed E-state index contributed by atoms with van der Waals surface area (Å²) in [5, 5.41) is 1.06. The summed E-state index contributed by atoms with van der Waals surface area (Å²) in [5.41, 5.74) is 12.2. The van der Waals surface area contributed by atoms with Crippen LogP contribution in [0, 0.1) is 0 Å². The highest BCUT2D eigenvalue weighted by molar-refractivity contribution is 7.18. The van der Waals surface area contributed by atoms with Crippen LogP contribution < -0.4 is 16.4 Å². The highest BCUT2D eigenvalue weighted by Crippen LogP contribution is 2.33. The minimum absolute atomic E-state index is 0.0345. The molecule has 1 aliphatic heterocycles. The normalized spacial score (nSPS) is 20.9. The van der Waals surface area contributed by atoms with Gasteiger partial charge in [-0.3, -0.25) is 4.79 Å². The van der Waals surface area contributed by atoms with Crippen molar-refractivity contribution in [3.8, 4) is 0 Å². The first kappa shape index (κ1) is 10.4. The van der Waals surface area contributed by atoms with E-state index in [1.807, 2.05) is 6.07 Å². The number of Topliss-reactive ketones (excluding diaryl/α,β-unsaturated/α-hetero) is 1. The number of hydrogen-bond acceptors (Lipinski definition) is 5. The lowest BCUT2D eigenvalue weighted by Gasteiger charge is -2.14. The molecule has 4 N–H and O–H groups in total. The molecule has 0 aromatic carbocycles. The Bertz CT molecular complexity index is 388. The summed E-state index contributed by atoms with van der Waals surface area (Å²) in [6.07, 6.45) is 1.01. The third-order valence-corrected chi connectivity index (χ3v) is 3.92. The second kappa shape index (κ2) is 3.83. The summed E-state index contributed by atoms with van der Waals surface area (Å²) in [5.74, 6) is 0.0345. The Morgan fingerprint density at radius 2 is 2.40 bits per heavy atom. The van der Waals surface area contributed by atoms with Crippen LogP contribution >= 0.6 is 11.3 Å². The number of nitrogens with zero attached hydrogens (tertiary/aromatic N) is 1. The molecule has 2 rings (SSSR count). The van der Waals surface area contributed by atoms with Gasteiger partial charge in [-0.2, -0.15) is 0 Å². The average Bonchev–Trinajstić information content (AvgIpc) is 2.71. The van der Waals surface area contributed by atoms with Crippen molar-refractivity contribution in [2.24, 2.45) is 5.73 Å². The maximum Gasteiger partial charge on any atom is 0.171 e. The van der Waals surface area contributed by atoms with Crippen LogP contribution in [0.3, 0.4) is 0 Å². The molecule has 0 bridgehead atoms. The molecule has 0 spiro atoms. The van der Waals surface area contributed by atoms with E-state index in [4.69, 9.17) is 11.5 Å². The van der Waals surface area contributed by atoms with Crippen LogP contribution in [0.1, 0.15) is 23.0 Å². The van der Waals surface area contributed by atoms with E-state index in [0.29, 0.717) is 10.6 Å². The van der Waals surface area contributed by atoms with Gasteiger partial charge in [0.2, 0.25) is 0 Å². The van der Waals surface area contributed by atoms with Gasteiger partial charge >= 0.3 is 0 Å². The highest BCUT2D eigenvalue weighted by atomic mass is 32.1. The molecule has 1 aromatic heterocycles. The number of rotatable bonds is 2. The summed E-state index contributed by atoms with van der Waals surface area (Å²) >= 11 is 1.46. The molecule has 1 saturated heterocycles. The van der Waals surface area contributed by atoms with Gasteiger partial charge < -0.3 is 16.4 Å². The van der Waals surface area contributed by atoms with E-state index in [9.17, 15) is 4.79 Å². The largest absolute Gasteiger partial charge is 0.397 e. The zero-order chi connectivity index (χ0) is 11.0. The van der Waals surface area contributed by atoms with Crippen molar-refractivity contribution >= 4 is 27.8 Å². The fourth-order valence-corrected chi connectivity index (χ4v) is 2.82. The van der Waals surface area contributed by atoms with Crippen molar-refractivity contribution in [1.29, 1.82) is 0 Å². The van der Waals surface area contributed by atoms with Crippen LogP contribution in [0.5, 0.6) is 0 Å². The molecular formula is C10H15N3OS. The predicted octanol–water partition coefficient (Wildman–Crippen LogP) is 1.07. The molecule has 0 saturated carbocycles. The number of nitrogens with two attached hydrogens (primary N) is 2. The lowest BCUT2D eigenvalue weighted by Crippen LogP contribution is -2.25. The van der Waals surface area contributed by atoms with Gasteiger partial charge in [0.15, 0.2) is 5.78 Å². The molecule has 0 amide bonds. The summed E-state index contributed by atoms with van der Waals surface area (Å²) in [4.78, 5) is 14.1. The Morgan fingerprint density at radius 1 is 1.67 bits per heavy atom.